The highest BCUT2D eigenvalue weighted by Gasteiger charge is 2.17. The SMILES string of the molecule is CCCC(CN)c1nc(-c2cccc(F)c2)no1. The van der Waals surface area contributed by atoms with Gasteiger partial charge in [0.1, 0.15) is 5.82 Å². The van der Waals surface area contributed by atoms with Crippen molar-refractivity contribution in [1.82, 2.24) is 10.1 Å². The molecule has 2 N–H and O–H groups in total. The average Bonchev–Trinajstić information content (AvgIpc) is 2.85. The molecule has 2 aromatic rings. The minimum atomic E-state index is -0.317. The van der Waals surface area contributed by atoms with Crippen molar-refractivity contribution in [2.75, 3.05) is 6.54 Å². The third kappa shape index (κ3) is 2.73. The molecule has 1 aromatic heterocycles. The lowest BCUT2D eigenvalue weighted by Gasteiger charge is -2.06. The average molecular weight is 249 g/mol. The highest BCUT2D eigenvalue weighted by atomic mass is 19.1. The fourth-order valence-corrected chi connectivity index (χ4v) is 1.84. The summed E-state index contributed by atoms with van der Waals surface area (Å²) in [6.45, 7) is 2.55. The fourth-order valence-electron chi connectivity index (χ4n) is 1.84. The summed E-state index contributed by atoms with van der Waals surface area (Å²) < 4.78 is 18.3. The van der Waals surface area contributed by atoms with Crippen molar-refractivity contribution in [2.45, 2.75) is 25.7 Å². The van der Waals surface area contributed by atoms with Gasteiger partial charge >= 0.3 is 0 Å². The molecule has 2 rings (SSSR count). The van der Waals surface area contributed by atoms with Crippen molar-refractivity contribution in [2.24, 2.45) is 5.73 Å². The van der Waals surface area contributed by atoms with Crippen LogP contribution in [0.4, 0.5) is 4.39 Å². The summed E-state index contributed by atoms with van der Waals surface area (Å²) in [5.74, 6) is 0.685. The van der Waals surface area contributed by atoms with Crippen LogP contribution in [0.25, 0.3) is 11.4 Å². The monoisotopic (exact) mass is 249 g/mol. The zero-order valence-electron chi connectivity index (χ0n) is 10.3. The van der Waals surface area contributed by atoms with Crippen LogP contribution in [0.3, 0.4) is 0 Å². The molecule has 18 heavy (non-hydrogen) atoms. The lowest BCUT2D eigenvalue weighted by Crippen LogP contribution is -2.12. The Morgan fingerprint density at radius 3 is 2.94 bits per heavy atom. The molecule has 0 saturated heterocycles. The zero-order chi connectivity index (χ0) is 13.0. The maximum atomic E-state index is 13.1. The number of hydrogen-bond acceptors (Lipinski definition) is 4. The standard InChI is InChI=1S/C13H16FN3O/c1-2-4-10(8-15)13-16-12(17-18-13)9-5-3-6-11(14)7-9/h3,5-7,10H,2,4,8,15H2,1H3. The molecule has 4 nitrogen and oxygen atoms in total. The second kappa shape index (κ2) is 5.73. The van der Waals surface area contributed by atoms with Crippen LogP contribution in [0.2, 0.25) is 0 Å². The van der Waals surface area contributed by atoms with Gasteiger partial charge in [0.15, 0.2) is 0 Å². The minimum absolute atomic E-state index is 0.0739. The first-order valence-electron chi connectivity index (χ1n) is 6.04. The third-order valence-electron chi connectivity index (χ3n) is 2.80. The lowest BCUT2D eigenvalue weighted by atomic mass is 10.0. The van der Waals surface area contributed by atoms with E-state index in [0.29, 0.717) is 23.8 Å². The Balaban J connectivity index is 2.24. The smallest absolute Gasteiger partial charge is 0.231 e. The van der Waals surface area contributed by atoms with E-state index in [1.54, 1.807) is 12.1 Å². The summed E-state index contributed by atoms with van der Waals surface area (Å²) in [6.07, 6.45) is 1.90. The van der Waals surface area contributed by atoms with Gasteiger partial charge < -0.3 is 10.3 Å². The van der Waals surface area contributed by atoms with Crippen LogP contribution in [-0.4, -0.2) is 16.7 Å². The molecule has 5 heteroatoms. The molecule has 0 bridgehead atoms. The maximum Gasteiger partial charge on any atom is 0.231 e. The van der Waals surface area contributed by atoms with E-state index < -0.39 is 0 Å². The molecule has 96 valence electrons. The predicted molar refractivity (Wildman–Crippen MR) is 66.4 cm³/mol. The van der Waals surface area contributed by atoms with Crippen molar-refractivity contribution in [3.8, 4) is 11.4 Å². The van der Waals surface area contributed by atoms with Gasteiger partial charge in [0.2, 0.25) is 11.7 Å². The first-order valence-corrected chi connectivity index (χ1v) is 6.04. The van der Waals surface area contributed by atoms with Gasteiger partial charge in [0.25, 0.3) is 0 Å². The summed E-state index contributed by atoms with van der Waals surface area (Å²) in [6, 6.07) is 6.12. The van der Waals surface area contributed by atoms with Crippen LogP contribution in [0, 0.1) is 5.82 Å². The Bertz CT molecular complexity index is 512. The summed E-state index contributed by atoms with van der Waals surface area (Å²) in [5.41, 5.74) is 6.28. The van der Waals surface area contributed by atoms with E-state index >= 15 is 0 Å². The van der Waals surface area contributed by atoms with Crippen LogP contribution in [0.1, 0.15) is 31.6 Å². The van der Waals surface area contributed by atoms with Crippen LogP contribution >= 0.6 is 0 Å². The van der Waals surface area contributed by atoms with E-state index in [9.17, 15) is 4.39 Å². The topological polar surface area (TPSA) is 64.9 Å². The van der Waals surface area contributed by atoms with Gasteiger partial charge in [0, 0.05) is 12.1 Å². The Kier molecular flexibility index (Phi) is 4.04. The van der Waals surface area contributed by atoms with E-state index in [2.05, 4.69) is 17.1 Å². The van der Waals surface area contributed by atoms with Gasteiger partial charge in [-0.1, -0.05) is 30.6 Å². The van der Waals surface area contributed by atoms with Gasteiger partial charge in [-0.15, -0.1) is 0 Å². The zero-order valence-corrected chi connectivity index (χ0v) is 10.3. The normalized spacial score (nSPS) is 12.6. The predicted octanol–water partition coefficient (Wildman–Crippen LogP) is 2.72. The largest absolute Gasteiger partial charge is 0.339 e. The second-order valence-electron chi connectivity index (χ2n) is 4.19. The van der Waals surface area contributed by atoms with E-state index in [1.807, 2.05) is 0 Å². The van der Waals surface area contributed by atoms with Crippen molar-refractivity contribution in [1.29, 1.82) is 0 Å². The fraction of sp³-hybridized carbons (Fsp3) is 0.385. The molecule has 1 unspecified atom stereocenters. The minimum Gasteiger partial charge on any atom is -0.339 e. The van der Waals surface area contributed by atoms with Crippen molar-refractivity contribution < 1.29 is 8.91 Å². The number of nitrogens with two attached hydrogens (primary N) is 1. The maximum absolute atomic E-state index is 13.1. The molecule has 1 heterocycles. The highest BCUT2D eigenvalue weighted by Crippen LogP contribution is 2.22. The molecular formula is C13H16FN3O. The van der Waals surface area contributed by atoms with Gasteiger partial charge in [-0.2, -0.15) is 4.98 Å². The van der Waals surface area contributed by atoms with Crippen LogP contribution in [0.5, 0.6) is 0 Å². The Labute approximate surface area is 105 Å². The number of benzene rings is 1. The third-order valence-corrected chi connectivity index (χ3v) is 2.80. The Morgan fingerprint density at radius 1 is 1.44 bits per heavy atom. The first-order chi connectivity index (χ1) is 8.74. The van der Waals surface area contributed by atoms with Gasteiger partial charge in [-0.25, -0.2) is 4.39 Å². The summed E-state index contributed by atoms with van der Waals surface area (Å²) in [5, 5.41) is 3.87. The lowest BCUT2D eigenvalue weighted by molar-refractivity contribution is 0.347. The molecule has 0 amide bonds. The number of rotatable bonds is 5. The Morgan fingerprint density at radius 2 is 2.28 bits per heavy atom. The van der Waals surface area contributed by atoms with Crippen molar-refractivity contribution in [3.63, 3.8) is 0 Å². The number of aromatic nitrogens is 2. The summed E-state index contributed by atoms with van der Waals surface area (Å²) in [7, 11) is 0. The molecule has 1 aromatic carbocycles. The summed E-state index contributed by atoms with van der Waals surface area (Å²) >= 11 is 0. The summed E-state index contributed by atoms with van der Waals surface area (Å²) in [4.78, 5) is 4.29. The first kappa shape index (κ1) is 12.7. The number of hydrogen-bond donors (Lipinski definition) is 1. The van der Waals surface area contributed by atoms with E-state index in [4.69, 9.17) is 10.3 Å². The van der Waals surface area contributed by atoms with Crippen molar-refractivity contribution >= 4 is 0 Å². The van der Waals surface area contributed by atoms with Gasteiger partial charge in [-0.05, 0) is 18.6 Å². The Hall–Kier alpha value is -1.75. The van der Waals surface area contributed by atoms with E-state index in [-0.39, 0.29) is 11.7 Å². The number of halogens is 1. The highest BCUT2D eigenvalue weighted by molar-refractivity contribution is 5.53. The van der Waals surface area contributed by atoms with Crippen LogP contribution in [0.15, 0.2) is 28.8 Å². The second-order valence-corrected chi connectivity index (χ2v) is 4.19. The molecule has 0 aliphatic heterocycles. The van der Waals surface area contributed by atoms with E-state index in [0.717, 1.165) is 12.8 Å². The van der Waals surface area contributed by atoms with Crippen molar-refractivity contribution in [3.05, 3.63) is 36.0 Å². The molecule has 0 saturated carbocycles. The molecular weight excluding hydrogens is 233 g/mol. The molecule has 0 aliphatic carbocycles. The van der Waals surface area contributed by atoms with E-state index in [1.165, 1.54) is 12.1 Å². The molecule has 0 aliphatic rings. The van der Waals surface area contributed by atoms with Crippen LogP contribution < -0.4 is 5.73 Å². The van der Waals surface area contributed by atoms with Gasteiger partial charge in [-0.3, -0.25) is 0 Å². The molecule has 0 spiro atoms. The number of nitrogens with zero attached hydrogens (tertiary/aromatic N) is 2. The molecule has 0 fully saturated rings. The molecule has 0 radical (unpaired) electrons. The van der Waals surface area contributed by atoms with Gasteiger partial charge in [0.05, 0.1) is 5.92 Å². The quantitative estimate of drug-likeness (QED) is 0.884. The van der Waals surface area contributed by atoms with Crippen LogP contribution in [-0.2, 0) is 0 Å². The molecule has 1 atom stereocenters.